The van der Waals surface area contributed by atoms with Crippen LogP contribution in [-0.2, 0) is 6.42 Å². The number of pyridine rings is 1. The van der Waals surface area contributed by atoms with Crippen molar-refractivity contribution in [3.63, 3.8) is 0 Å². The maximum absolute atomic E-state index is 5.10. The monoisotopic (exact) mass is 458 g/mol. The van der Waals surface area contributed by atoms with Crippen LogP contribution < -0.4 is 4.90 Å². The predicted octanol–water partition coefficient (Wildman–Crippen LogP) is 5.71. The van der Waals surface area contributed by atoms with Gasteiger partial charge in [-0.3, -0.25) is 9.88 Å². The van der Waals surface area contributed by atoms with Gasteiger partial charge in [0, 0.05) is 61.3 Å². The van der Waals surface area contributed by atoms with Crippen molar-refractivity contribution >= 4 is 11.8 Å². The first-order valence-electron chi connectivity index (χ1n) is 13.5. The second kappa shape index (κ2) is 10.2. The minimum atomic E-state index is 0.639. The Kier molecular flexibility index (Phi) is 7.08. The van der Waals surface area contributed by atoms with Crippen LogP contribution in [-0.4, -0.2) is 66.6 Å². The number of benzene rings is 1. The van der Waals surface area contributed by atoms with Crippen molar-refractivity contribution < 1.29 is 0 Å². The van der Waals surface area contributed by atoms with E-state index in [1.807, 2.05) is 0 Å². The molecule has 0 bridgehead atoms. The molecule has 2 fully saturated rings. The van der Waals surface area contributed by atoms with Crippen molar-refractivity contribution in [1.82, 2.24) is 14.8 Å². The van der Waals surface area contributed by atoms with Gasteiger partial charge in [0.2, 0.25) is 0 Å². The predicted molar refractivity (Wildman–Crippen MR) is 145 cm³/mol. The van der Waals surface area contributed by atoms with E-state index in [1.165, 1.54) is 84.6 Å². The van der Waals surface area contributed by atoms with E-state index in [4.69, 9.17) is 4.98 Å². The minimum absolute atomic E-state index is 0.639. The van der Waals surface area contributed by atoms with E-state index in [-0.39, 0.29) is 0 Å². The number of rotatable bonds is 6. The molecule has 3 aliphatic rings. The fraction of sp³-hybridized carbons (Fsp3) is 0.567. The van der Waals surface area contributed by atoms with Gasteiger partial charge in [0.25, 0.3) is 0 Å². The lowest BCUT2D eigenvalue weighted by atomic mass is 9.97. The molecular weight excluding hydrogens is 416 g/mol. The van der Waals surface area contributed by atoms with Gasteiger partial charge in [0.1, 0.15) is 0 Å². The lowest BCUT2D eigenvalue weighted by Gasteiger charge is -2.38. The van der Waals surface area contributed by atoms with Crippen LogP contribution in [0, 0.1) is 13.8 Å². The van der Waals surface area contributed by atoms with Crippen LogP contribution in [0.1, 0.15) is 61.9 Å². The maximum Gasteiger partial charge on any atom is 0.0780 e. The van der Waals surface area contributed by atoms with Crippen molar-refractivity contribution in [3.05, 3.63) is 52.2 Å². The summed E-state index contributed by atoms with van der Waals surface area (Å²) in [7, 11) is 0. The van der Waals surface area contributed by atoms with Gasteiger partial charge in [0.05, 0.1) is 5.69 Å². The van der Waals surface area contributed by atoms with Crippen LogP contribution in [0.25, 0.3) is 17.3 Å². The first kappa shape index (κ1) is 23.6. The maximum atomic E-state index is 5.10. The smallest absolute Gasteiger partial charge is 0.0780 e. The molecule has 34 heavy (non-hydrogen) atoms. The number of nitrogens with zero attached hydrogens (tertiary/aromatic N) is 4. The molecule has 0 atom stereocenters. The average Bonchev–Trinajstić information content (AvgIpc) is 3.30. The summed E-state index contributed by atoms with van der Waals surface area (Å²) >= 11 is 0. The number of anilines is 1. The highest BCUT2D eigenvalue weighted by Gasteiger charge is 2.23. The average molecular weight is 459 g/mol. The van der Waals surface area contributed by atoms with Crippen molar-refractivity contribution in [2.75, 3.05) is 50.7 Å². The number of hydrogen-bond donors (Lipinski definition) is 0. The zero-order valence-corrected chi connectivity index (χ0v) is 21.7. The van der Waals surface area contributed by atoms with Crippen LogP contribution >= 0.6 is 0 Å². The molecule has 0 N–H and O–H groups in total. The van der Waals surface area contributed by atoms with Gasteiger partial charge in [0.15, 0.2) is 0 Å². The molecule has 0 saturated carbocycles. The van der Waals surface area contributed by atoms with Crippen LogP contribution in [0.4, 0.5) is 5.69 Å². The summed E-state index contributed by atoms with van der Waals surface area (Å²) in [5.41, 5.74) is 10.8. The molecular formula is C30H42N4. The molecule has 5 rings (SSSR count). The summed E-state index contributed by atoms with van der Waals surface area (Å²) in [4.78, 5) is 12.9. The summed E-state index contributed by atoms with van der Waals surface area (Å²) in [6.45, 7) is 17.3. The van der Waals surface area contributed by atoms with Gasteiger partial charge in [-0.15, -0.1) is 0 Å². The van der Waals surface area contributed by atoms with Crippen LogP contribution in [0.3, 0.4) is 0 Å². The Balaban J connectivity index is 1.33. The number of aromatic nitrogens is 1. The van der Waals surface area contributed by atoms with Gasteiger partial charge < -0.3 is 9.80 Å². The van der Waals surface area contributed by atoms with E-state index in [2.05, 4.69) is 72.7 Å². The molecule has 2 saturated heterocycles. The summed E-state index contributed by atoms with van der Waals surface area (Å²) < 4.78 is 0. The molecule has 0 spiro atoms. The summed E-state index contributed by atoms with van der Waals surface area (Å²) in [5, 5.41) is 0. The first-order valence-corrected chi connectivity index (χ1v) is 13.5. The van der Waals surface area contributed by atoms with E-state index >= 15 is 0 Å². The zero-order valence-electron chi connectivity index (χ0n) is 21.7. The summed E-state index contributed by atoms with van der Waals surface area (Å²) in [6, 6.07) is 9.83. The van der Waals surface area contributed by atoms with E-state index in [1.54, 1.807) is 5.57 Å². The third-order valence-electron chi connectivity index (χ3n) is 8.36. The van der Waals surface area contributed by atoms with Crippen molar-refractivity contribution in [1.29, 1.82) is 0 Å². The highest BCUT2D eigenvalue weighted by atomic mass is 15.3. The Hall–Kier alpha value is -2.17. The summed E-state index contributed by atoms with van der Waals surface area (Å²) in [6.07, 6.45) is 8.90. The van der Waals surface area contributed by atoms with Gasteiger partial charge in [-0.25, -0.2) is 0 Å². The Labute approximate surface area is 206 Å². The Morgan fingerprint density at radius 2 is 1.59 bits per heavy atom. The van der Waals surface area contributed by atoms with Crippen LogP contribution in [0.5, 0.6) is 0 Å². The summed E-state index contributed by atoms with van der Waals surface area (Å²) in [5.74, 6) is 0. The third-order valence-corrected chi connectivity index (χ3v) is 8.36. The van der Waals surface area contributed by atoms with Crippen molar-refractivity contribution in [2.24, 2.45) is 0 Å². The highest BCUT2D eigenvalue weighted by molar-refractivity contribution is 5.80. The normalized spacial score (nSPS) is 19.6. The fourth-order valence-electron chi connectivity index (χ4n) is 5.93. The quantitative estimate of drug-likeness (QED) is 0.553. The SMILES string of the molecule is Cc1nc(-c2ccc(N3CCN(C(C)C)CC3)cc2)c2c(c1C)CC(CCN1CCCCC1)=C2. The molecule has 1 aromatic heterocycles. The third kappa shape index (κ3) is 4.94. The molecule has 0 amide bonds. The Morgan fingerprint density at radius 3 is 2.26 bits per heavy atom. The molecule has 4 nitrogen and oxygen atoms in total. The minimum Gasteiger partial charge on any atom is -0.369 e. The van der Waals surface area contributed by atoms with Gasteiger partial charge in [-0.1, -0.05) is 30.2 Å². The van der Waals surface area contributed by atoms with E-state index in [0.29, 0.717) is 6.04 Å². The molecule has 2 aliphatic heterocycles. The number of likely N-dealkylation sites (tertiary alicyclic amines) is 1. The number of piperazine rings is 1. The van der Waals surface area contributed by atoms with Crippen molar-refractivity contribution in [3.8, 4) is 11.3 Å². The first-order chi connectivity index (χ1) is 16.5. The molecule has 2 aromatic rings. The van der Waals surface area contributed by atoms with E-state index in [0.717, 1.165) is 32.6 Å². The second-order valence-electron chi connectivity index (χ2n) is 10.9. The number of piperidine rings is 1. The van der Waals surface area contributed by atoms with Crippen LogP contribution in [0.15, 0.2) is 29.8 Å². The number of fused-ring (bicyclic) bond motifs is 1. The molecule has 0 unspecified atom stereocenters. The lowest BCUT2D eigenvalue weighted by molar-refractivity contribution is 0.209. The van der Waals surface area contributed by atoms with Crippen molar-refractivity contribution in [2.45, 2.75) is 65.8 Å². The van der Waals surface area contributed by atoms with Gasteiger partial charge >= 0.3 is 0 Å². The molecule has 3 heterocycles. The highest BCUT2D eigenvalue weighted by Crippen LogP contribution is 2.37. The lowest BCUT2D eigenvalue weighted by Crippen LogP contribution is -2.48. The second-order valence-corrected chi connectivity index (χ2v) is 10.9. The molecule has 0 radical (unpaired) electrons. The topological polar surface area (TPSA) is 22.6 Å². The Bertz CT molecular complexity index is 1020. The van der Waals surface area contributed by atoms with E-state index in [9.17, 15) is 0 Å². The van der Waals surface area contributed by atoms with Gasteiger partial charge in [-0.05, 0) is 89.7 Å². The molecule has 4 heteroatoms. The standard InChI is InChI=1S/C30H42N4/c1-22(2)33-16-18-34(19-17-33)27-10-8-26(9-11-27)30-29-21-25(12-15-32-13-6-5-7-14-32)20-28(29)23(3)24(4)31-30/h8-11,21-22H,5-7,12-20H2,1-4H3. The van der Waals surface area contributed by atoms with Crippen LogP contribution in [0.2, 0.25) is 0 Å². The number of hydrogen-bond acceptors (Lipinski definition) is 4. The molecule has 1 aliphatic carbocycles. The zero-order chi connectivity index (χ0) is 23.7. The molecule has 182 valence electrons. The largest absolute Gasteiger partial charge is 0.369 e. The number of aryl methyl sites for hydroxylation is 1. The van der Waals surface area contributed by atoms with E-state index < -0.39 is 0 Å². The fourth-order valence-corrected chi connectivity index (χ4v) is 5.93. The van der Waals surface area contributed by atoms with Gasteiger partial charge in [-0.2, -0.15) is 0 Å². The Morgan fingerprint density at radius 1 is 0.882 bits per heavy atom. The molecule has 1 aromatic carbocycles.